The van der Waals surface area contributed by atoms with Crippen LogP contribution in [0.25, 0.3) is 16.9 Å². The average Bonchev–Trinajstić information content (AvgIpc) is 3.29. The molecule has 1 unspecified atom stereocenters. The molecule has 228 valence electrons. The molecular weight excluding hydrogens is 562 g/mol. The van der Waals surface area contributed by atoms with Gasteiger partial charge in [0.05, 0.1) is 37.9 Å². The van der Waals surface area contributed by atoms with Crippen molar-refractivity contribution < 1.29 is 32.3 Å². The summed E-state index contributed by atoms with van der Waals surface area (Å²) in [7, 11) is 1.30. The van der Waals surface area contributed by atoms with Gasteiger partial charge < -0.3 is 25.0 Å². The second kappa shape index (κ2) is 10.7. The van der Waals surface area contributed by atoms with Crippen LogP contribution in [0.5, 0.6) is 0 Å². The molecule has 1 aromatic carbocycles. The van der Waals surface area contributed by atoms with Crippen LogP contribution < -0.4 is 15.5 Å². The van der Waals surface area contributed by atoms with Gasteiger partial charge in [-0.25, -0.2) is 27.8 Å². The molecule has 1 saturated carbocycles. The van der Waals surface area contributed by atoms with Gasteiger partial charge in [-0.2, -0.15) is 9.97 Å². The number of amides is 2. The molecule has 5 heterocycles. The molecular formula is C29H35F2N8O4+. The molecule has 0 bridgehead atoms. The van der Waals surface area contributed by atoms with Crippen molar-refractivity contribution in [3.05, 3.63) is 36.2 Å². The lowest BCUT2D eigenvalue weighted by atomic mass is 9.85. The molecule has 3 saturated heterocycles. The number of hydrogen-bond acceptors (Lipinski definition) is 9. The van der Waals surface area contributed by atoms with E-state index in [0.717, 1.165) is 38.8 Å². The summed E-state index contributed by atoms with van der Waals surface area (Å²) in [6, 6.07) is 8.34. The fourth-order valence-electron chi connectivity index (χ4n) is 7.37. The van der Waals surface area contributed by atoms with Crippen molar-refractivity contribution >= 4 is 34.8 Å². The minimum atomic E-state index is -2.79. The predicted octanol–water partition coefficient (Wildman–Crippen LogP) is 3.17. The van der Waals surface area contributed by atoms with Gasteiger partial charge in [-0.1, -0.05) is 12.1 Å². The third-order valence-corrected chi connectivity index (χ3v) is 9.66. The molecule has 7 rings (SSSR count). The van der Waals surface area contributed by atoms with Crippen LogP contribution >= 0.6 is 0 Å². The Balaban J connectivity index is 1.13. The number of para-hydroxylation sites is 2. The molecule has 4 fully saturated rings. The Morgan fingerprint density at radius 1 is 1.12 bits per heavy atom. The van der Waals surface area contributed by atoms with Crippen LogP contribution in [0.15, 0.2) is 30.3 Å². The number of morpholine rings is 1. The number of quaternary nitrogens is 1. The van der Waals surface area contributed by atoms with E-state index in [0.29, 0.717) is 65.8 Å². The van der Waals surface area contributed by atoms with Gasteiger partial charge >= 0.3 is 12.0 Å². The number of nitrogens with zero attached hydrogens (tertiary/aromatic N) is 6. The maximum atomic E-state index is 14.2. The fourth-order valence-corrected chi connectivity index (χ4v) is 7.37. The first kappa shape index (κ1) is 27.9. The minimum Gasteiger partial charge on any atom is -0.453 e. The van der Waals surface area contributed by atoms with Gasteiger partial charge in [-0.05, 0) is 25.0 Å². The molecule has 2 aromatic heterocycles. The number of halogens is 2. The largest absolute Gasteiger partial charge is 0.453 e. The van der Waals surface area contributed by atoms with Gasteiger partial charge in [0.1, 0.15) is 18.2 Å². The summed E-state index contributed by atoms with van der Waals surface area (Å²) < 4.78 is 40.5. The predicted molar refractivity (Wildman–Crippen MR) is 152 cm³/mol. The highest BCUT2D eigenvalue weighted by Gasteiger charge is 2.76. The van der Waals surface area contributed by atoms with Crippen molar-refractivity contribution in [3.8, 4) is 5.82 Å². The third-order valence-electron chi connectivity index (χ3n) is 9.66. The van der Waals surface area contributed by atoms with Crippen LogP contribution in [0.4, 0.5) is 25.3 Å². The van der Waals surface area contributed by atoms with E-state index >= 15 is 0 Å². The Morgan fingerprint density at radius 3 is 2.60 bits per heavy atom. The second-order valence-corrected chi connectivity index (χ2v) is 11.9. The van der Waals surface area contributed by atoms with Gasteiger partial charge in [-0.3, -0.25) is 4.57 Å². The first-order chi connectivity index (χ1) is 20.8. The molecule has 0 radical (unpaired) electrons. The number of carbonyl (C=O) groups is 2. The minimum absolute atomic E-state index is 0.0647. The molecule has 12 nitrogen and oxygen atoms in total. The van der Waals surface area contributed by atoms with Crippen LogP contribution in [0, 0.1) is 0 Å². The summed E-state index contributed by atoms with van der Waals surface area (Å²) in [5.41, 5.74) is 0.928. The number of rotatable bonds is 6. The lowest BCUT2D eigenvalue weighted by molar-refractivity contribution is -0.744. The van der Waals surface area contributed by atoms with Gasteiger partial charge in [0.2, 0.25) is 5.95 Å². The van der Waals surface area contributed by atoms with Crippen molar-refractivity contribution in [2.24, 2.45) is 0 Å². The fraction of sp³-hybridized carbons (Fsp3) is 0.552. The van der Waals surface area contributed by atoms with Crippen molar-refractivity contribution in [3.63, 3.8) is 0 Å². The van der Waals surface area contributed by atoms with Crippen LogP contribution in [0.1, 0.15) is 44.4 Å². The summed E-state index contributed by atoms with van der Waals surface area (Å²) >= 11 is 0. The number of hydrogen-bond donors (Lipinski definition) is 2. The number of alkyl carbamates (subject to hydrolysis) is 1. The second-order valence-electron chi connectivity index (χ2n) is 11.9. The zero-order valence-corrected chi connectivity index (χ0v) is 24.0. The van der Waals surface area contributed by atoms with Crippen molar-refractivity contribution in [1.29, 1.82) is 0 Å². The molecule has 2 amide bonds. The lowest BCUT2D eigenvalue weighted by Gasteiger charge is -2.31. The van der Waals surface area contributed by atoms with Gasteiger partial charge in [0.15, 0.2) is 17.4 Å². The van der Waals surface area contributed by atoms with E-state index in [-0.39, 0.29) is 23.3 Å². The maximum absolute atomic E-state index is 14.2. The van der Waals surface area contributed by atoms with E-state index in [1.165, 1.54) is 11.7 Å². The van der Waals surface area contributed by atoms with Gasteiger partial charge in [-0.15, -0.1) is 0 Å². The summed E-state index contributed by atoms with van der Waals surface area (Å²) in [6.07, 6.45) is 0.609. The highest BCUT2D eigenvalue weighted by atomic mass is 19.3. The van der Waals surface area contributed by atoms with E-state index in [1.807, 2.05) is 0 Å². The molecule has 2 atom stereocenters. The number of fused-ring (bicyclic) bond motifs is 2. The summed E-state index contributed by atoms with van der Waals surface area (Å²) in [6.45, 7) is 3.90. The number of nitrogens with one attached hydrogen (secondary N) is 2. The Kier molecular flexibility index (Phi) is 6.92. The Morgan fingerprint density at radius 2 is 1.86 bits per heavy atom. The highest BCUT2D eigenvalue weighted by molar-refractivity contribution is 5.83. The quantitative estimate of drug-likeness (QED) is 0.326. The molecule has 3 aliphatic heterocycles. The normalized spacial score (nSPS) is 28.7. The van der Waals surface area contributed by atoms with E-state index in [4.69, 9.17) is 19.4 Å². The van der Waals surface area contributed by atoms with Crippen LogP contribution in [-0.2, 0) is 14.3 Å². The first-order valence-corrected chi connectivity index (χ1v) is 14.8. The van der Waals surface area contributed by atoms with Gasteiger partial charge in [0.25, 0.3) is 6.43 Å². The Hall–Kier alpha value is -3.91. The summed E-state index contributed by atoms with van der Waals surface area (Å²) in [5, 5.41) is 6.18. The molecule has 2 N–H and O–H groups in total. The third kappa shape index (κ3) is 4.76. The zero-order chi connectivity index (χ0) is 29.8. The van der Waals surface area contributed by atoms with E-state index in [9.17, 15) is 18.4 Å². The molecule has 4 aliphatic rings. The first-order valence-electron chi connectivity index (χ1n) is 14.8. The SMILES string of the molecule is COC(=O)N[C@H]1CC[N+]2(CC23CCC(Nc2nc(N4CCOCC4)cc(-n4c(C(F)F)nc5ccccc54)n2)CC3)C1=O. The average molecular weight is 598 g/mol. The number of carbonyl (C=O) groups excluding carboxylic acids is 2. The van der Waals surface area contributed by atoms with Crippen LogP contribution in [0.2, 0.25) is 0 Å². The van der Waals surface area contributed by atoms with Crippen LogP contribution in [-0.4, -0.2) is 100 Å². The van der Waals surface area contributed by atoms with Crippen molar-refractivity contribution in [2.75, 3.05) is 56.7 Å². The standard InChI is InChI=1S/C29H34F2N8O4/c1-42-28(41)34-20-8-13-39(26(20)40)17-29(39)9-6-18(7-10-29)32-27-35-22(37-11-14-43-15-12-37)16-23(36-27)38-21-5-3-2-4-19(21)33-25(38)24(30)31/h2-5,16,18,20,24H,6-15,17H2,1H3,(H-,32,34,35,36,41)/p+1/t18?,20-,29?,39?/m0/s1. The molecule has 14 heteroatoms. The zero-order valence-electron chi connectivity index (χ0n) is 24.0. The van der Waals surface area contributed by atoms with Crippen molar-refractivity contribution in [2.45, 2.75) is 56.2 Å². The number of imidazole rings is 1. The van der Waals surface area contributed by atoms with Crippen LogP contribution in [0.3, 0.4) is 0 Å². The number of alkyl halides is 2. The van der Waals surface area contributed by atoms with E-state index in [1.54, 1.807) is 30.3 Å². The number of ether oxygens (including phenoxy) is 2. The van der Waals surface area contributed by atoms with E-state index in [2.05, 4.69) is 20.5 Å². The number of anilines is 2. The molecule has 1 aliphatic carbocycles. The van der Waals surface area contributed by atoms with Crippen molar-refractivity contribution in [1.82, 2.24) is 24.8 Å². The molecule has 3 aromatic rings. The van der Waals surface area contributed by atoms with E-state index < -0.39 is 18.6 Å². The Bertz CT molecular complexity index is 1550. The van der Waals surface area contributed by atoms with Gasteiger partial charge in [0, 0.05) is 44.5 Å². The Labute approximate surface area is 247 Å². The lowest BCUT2D eigenvalue weighted by Crippen LogP contribution is -2.47. The highest BCUT2D eigenvalue weighted by Crippen LogP contribution is 2.55. The summed E-state index contributed by atoms with van der Waals surface area (Å²) in [4.78, 5) is 40.8. The molecule has 2 spiro atoms. The maximum Gasteiger partial charge on any atom is 0.407 e. The number of benzene rings is 1. The smallest absolute Gasteiger partial charge is 0.407 e. The molecule has 43 heavy (non-hydrogen) atoms. The number of aromatic nitrogens is 4. The topological polar surface area (TPSA) is 124 Å². The monoisotopic (exact) mass is 597 g/mol. The summed E-state index contributed by atoms with van der Waals surface area (Å²) in [5.74, 6) is 1.05. The number of methoxy groups -OCH3 is 1.